The highest BCUT2D eigenvalue weighted by molar-refractivity contribution is 6.27. The molecule has 2 aromatic heterocycles. The second-order valence-corrected chi connectivity index (χ2v) is 18.1. The van der Waals surface area contributed by atoms with Crippen molar-refractivity contribution in [2.45, 2.75) is 13.8 Å². The Labute approximate surface area is 392 Å². The fourth-order valence-electron chi connectivity index (χ4n) is 11.3. The maximum Gasteiger partial charge on any atom is 0.111 e. The average molecular weight is 867 g/mol. The Hall–Kier alpha value is -8.86. The molecule has 0 unspecified atom stereocenters. The Bertz CT molecular complexity index is 4140. The molecular weight excluding hydrogens is 825 g/mol. The molecule has 0 fully saturated rings. The van der Waals surface area contributed by atoms with E-state index in [0.717, 1.165) is 55.9 Å². The minimum atomic E-state index is 0.945. The monoisotopic (exact) mass is 866 g/mol. The van der Waals surface area contributed by atoms with E-state index in [0.29, 0.717) is 0 Å². The molecule has 0 bridgehead atoms. The maximum atomic E-state index is 5.09. The molecule has 14 rings (SSSR count). The van der Waals surface area contributed by atoms with Crippen molar-refractivity contribution in [3.8, 4) is 44.8 Å². The number of hydrogen-bond acceptors (Lipinski definition) is 2. The number of aromatic nitrogens is 4. The van der Waals surface area contributed by atoms with E-state index >= 15 is 0 Å². The number of aryl methyl sites for hydroxylation is 2. The van der Waals surface area contributed by atoms with Crippen LogP contribution in [0.25, 0.3) is 131 Å². The number of benzene rings is 12. The van der Waals surface area contributed by atoms with E-state index in [1.165, 1.54) is 87.2 Å². The normalized spacial score (nSPS) is 12.0. The van der Waals surface area contributed by atoms with Crippen LogP contribution in [0.5, 0.6) is 0 Å². The molecule has 4 heteroatoms. The van der Waals surface area contributed by atoms with Crippen LogP contribution in [0.3, 0.4) is 0 Å². The lowest BCUT2D eigenvalue weighted by Crippen LogP contribution is -2.01. The van der Waals surface area contributed by atoms with Gasteiger partial charge in [0.1, 0.15) is 11.6 Å². The van der Waals surface area contributed by atoms with Gasteiger partial charge in [0.05, 0.1) is 33.4 Å². The Kier molecular flexibility index (Phi) is 8.38. The minimum absolute atomic E-state index is 0.945. The molecule has 0 spiro atoms. The van der Waals surface area contributed by atoms with Crippen molar-refractivity contribution in [1.29, 1.82) is 0 Å². The van der Waals surface area contributed by atoms with Gasteiger partial charge in [-0.25, -0.2) is 9.97 Å². The third-order valence-electron chi connectivity index (χ3n) is 14.3. The molecule has 14 aromatic rings. The van der Waals surface area contributed by atoms with E-state index in [2.05, 4.69) is 241 Å². The summed E-state index contributed by atoms with van der Waals surface area (Å²) >= 11 is 0. The van der Waals surface area contributed by atoms with Gasteiger partial charge in [-0.15, -0.1) is 0 Å². The van der Waals surface area contributed by atoms with Gasteiger partial charge in [0.2, 0.25) is 0 Å². The van der Waals surface area contributed by atoms with Gasteiger partial charge >= 0.3 is 0 Å². The second kappa shape index (κ2) is 14.8. The van der Waals surface area contributed by atoms with Crippen LogP contribution in [0.4, 0.5) is 0 Å². The molecule has 0 saturated carbocycles. The van der Waals surface area contributed by atoms with Crippen LogP contribution < -0.4 is 0 Å². The summed E-state index contributed by atoms with van der Waals surface area (Å²) < 4.78 is 4.68. The Morgan fingerprint density at radius 1 is 0.294 bits per heavy atom. The van der Waals surface area contributed by atoms with E-state index < -0.39 is 0 Å². The molecule has 0 aliphatic carbocycles. The Morgan fingerprint density at radius 2 is 0.676 bits per heavy atom. The smallest absolute Gasteiger partial charge is 0.111 e. The van der Waals surface area contributed by atoms with Crippen molar-refractivity contribution in [1.82, 2.24) is 19.1 Å². The van der Waals surface area contributed by atoms with Crippen LogP contribution in [-0.2, 0) is 0 Å². The van der Waals surface area contributed by atoms with Crippen molar-refractivity contribution >= 4 is 86.7 Å². The first-order valence-corrected chi connectivity index (χ1v) is 23.4. The standard InChI is InChI=1S/C64H42N4/c1-39-65-57-25-7-9-27-61(57)67(39)59-29-13-23-51-55(59)38-56-52(24-14-30-60(56)68-40(2)66-58-26-8-10-28-62(58)68)64(51)63-49-21-11-19-47(45-33-31-41-15-3-5-17-43(41)35-45)53(49)37-54-48(20-12-22-50(54)63)46-34-32-42-16-4-6-18-44(42)36-46/h3-38H,1-2H3. The van der Waals surface area contributed by atoms with Crippen molar-refractivity contribution < 1.29 is 0 Å². The molecule has 4 nitrogen and oxygen atoms in total. The minimum Gasteiger partial charge on any atom is -0.296 e. The molecule has 68 heavy (non-hydrogen) atoms. The van der Waals surface area contributed by atoms with Crippen molar-refractivity contribution in [2.75, 3.05) is 0 Å². The summed E-state index contributed by atoms with van der Waals surface area (Å²) in [5.41, 5.74) is 13.5. The van der Waals surface area contributed by atoms with Crippen LogP contribution >= 0.6 is 0 Å². The van der Waals surface area contributed by atoms with Gasteiger partial charge in [-0.2, -0.15) is 0 Å². The van der Waals surface area contributed by atoms with Gasteiger partial charge in [0, 0.05) is 10.8 Å². The average Bonchev–Trinajstić information content (AvgIpc) is 3.91. The molecule has 0 aliphatic heterocycles. The van der Waals surface area contributed by atoms with Crippen LogP contribution in [-0.4, -0.2) is 19.1 Å². The summed E-state index contributed by atoms with van der Waals surface area (Å²) in [6.07, 6.45) is 0. The van der Waals surface area contributed by atoms with E-state index in [4.69, 9.17) is 9.97 Å². The molecular formula is C64H42N4. The predicted octanol–water partition coefficient (Wildman–Crippen LogP) is 16.9. The molecule has 12 aromatic carbocycles. The number of rotatable bonds is 5. The summed E-state index contributed by atoms with van der Waals surface area (Å²) in [6, 6.07) is 80.4. The van der Waals surface area contributed by atoms with Crippen molar-refractivity contribution in [2.24, 2.45) is 0 Å². The van der Waals surface area contributed by atoms with Crippen LogP contribution in [0.1, 0.15) is 11.6 Å². The van der Waals surface area contributed by atoms with Crippen molar-refractivity contribution in [3.05, 3.63) is 230 Å². The third-order valence-corrected chi connectivity index (χ3v) is 14.3. The SMILES string of the molecule is Cc1nc2ccccc2n1-c1cccc2c(-c3c4cccc(-c5ccc6ccccc6c5)c4cc4c(-c5ccc6ccccc6c5)cccc34)c3cccc(-n4c(C)nc5ccccc54)c3cc12. The van der Waals surface area contributed by atoms with E-state index in [1.807, 2.05) is 0 Å². The number of para-hydroxylation sites is 4. The first-order valence-electron chi connectivity index (χ1n) is 23.4. The van der Waals surface area contributed by atoms with Crippen LogP contribution in [0.2, 0.25) is 0 Å². The summed E-state index contributed by atoms with van der Waals surface area (Å²) in [5, 5.41) is 14.4. The molecule has 0 radical (unpaired) electrons. The Balaban J connectivity index is 1.18. The molecule has 0 saturated heterocycles. The zero-order valence-corrected chi connectivity index (χ0v) is 37.6. The van der Waals surface area contributed by atoms with E-state index in [9.17, 15) is 0 Å². The van der Waals surface area contributed by atoms with Crippen LogP contribution in [0, 0.1) is 13.8 Å². The van der Waals surface area contributed by atoms with Gasteiger partial charge in [-0.3, -0.25) is 9.13 Å². The molecule has 0 atom stereocenters. The van der Waals surface area contributed by atoms with Crippen LogP contribution in [0.15, 0.2) is 218 Å². The number of fused-ring (bicyclic) bond motifs is 8. The number of nitrogens with zero attached hydrogens (tertiary/aromatic N) is 4. The highest BCUT2D eigenvalue weighted by Crippen LogP contribution is 2.49. The maximum absolute atomic E-state index is 5.09. The summed E-state index contributed by atoms with van der Waals surface area (Å²) in [5.74, 6) is 1.89. The highest BCUT2D eigenvalue weighted by Gasteiger charge is 2.24. The first kappa shape index (κ1) is 38.4. The first-order chi connectivity index (χ1) is 33.6. The van der Waals surface area contributed by atoms with Gasteiger partial charge in [-0.05, 0) is 162 Å². The van der Waals surface area contributed by atoms with Gasteiger partial charge in [0.25, 0.3) is 0 Å². The zero-order valence-electron chi connectivity index (χ0n) is 37.6. The van der Waals surface area contributed by atoms with E-state index in [1.54, 1.807) is 0 Å². The second-order valence-electron chi connectivity index (χ2n) is 18.1. The number of hydrogen-bond donors (Lipinski definition) is 0. The zero-order chi connectivity index (χ0) is 45.0. The summed E-state index contributed by atoms with van der Waals surface area (Å²) in [7, 11) is 0. The van der Waals surface area contributed by atoms with Crippen molar-refractivity contribution in [3.63, 3.8) is 0 Å². The molecule has 0 N–H and O–H groups in total. The summed E-state index contributed by atoms with van der Waals surface area (Å²) in [4.78, 5) is 10.2. The highest BCUT2D eigenvalue weighted by atomic mass is 15.1. The lowest BCUT2D eigenvalue weighted by atomic mass is 9.82. The lowest BCUT2D eigenvalue weighted by Gasteiger charge is -2.22. The summed E-state index contributed by atoms with van der Waals surface area (Å²) in [6.45, 7) is 4.24. The molecule has 0 amide bonds. The van der Waals surface area contributed by atoms with Gasteiger partial charge < -0.3 is 0 Å². The quantitative estimate of drug-likeness (QED) is 0.162. The largest absolute Gasteiger partial charge is 0.296 e. The fraction of sp³-hybridized carbons (Fsp3) is 0.0312. The van der Waals surface area contributed by atoms with Gasteiger partial charge in [0.15, 0.2) is 0 Å². The molecule has 318 valence electrons. The predicted molar refractivity (Wildman–Crippen MR) is 287 cm³/mol. The van der Waals surface area contributed by atoms with E-state index in [-0.39, 0.29) is 0 Å². The molecule has 2 heterocycles. The fourth-order valence-corrected chi connectivity index (χ4v) is 11.3. The topological polar surface area (TPSA) is 35.6 Å². The van der Waals surface area contributed by atoms with Gasteiger partial charge in [-0.1, -0.05) is 158 Å². The lowest BCUT2D eigenvalue weighted by molar-refractivity contribution is 1.01. The number of imidazole rings is 2. The third kappa shape index (κ3) is 5.74. The Morgan fingerprint density at radius 3 is 1.15 bits per heavy atom. The molecule has 0 aliphatic rings.